The molecule has 6 heteroatoms. The molecule has 1 aliphatic heterocycles. The third-order valence-corrected chi connectivity index (χ3v) is 6.36. The van der Waals surface area contributed by atoms with Crippen LogP contribution < -0.4 is 20.3 Å². The van der Waals surface area contributed by atoms with E-state index in [2.05, 4.69) is 47.0 Å². The van der Waals surface area contributed by atoms with Crippen molar-refractivity contribution in [1.29, 1.82) is 0 Å². The van der Waals surface area contributed by atoms with Crippen molar-refractivity contribution in [3.63, 3.8) is 0 Å². The van der Waals surface area contributed by atoms with E-state index in [1.807, 2.05) is 27.7 Å². The number of hydrogen-bond acceptors (Lipinski definition) is 5. The van der Waals surface area contributed by atoms with E-state index in [0.29, 0.717) is 33.9 Å². The van der Waals surface area contributed by atoms with Crippen LogP contribution in [0.25, 0.3) is 0 Å². The van der Waals surface area contributed by atoms with Gasteiger partial charge >= 0.3 is 0 Å². The molecule has 5 rings (SSSR count). The van der Waals surface area contributed by atoms with Crippen LogP contribution in [0.1, 0.15) is 43.0 Å². The molecule has 0 saturated heterocycles. The quantitative estimate of drug-likeness (QED) is 0.279. The Morgan fingerprint density at radius 2 is 1.00 bits per heavy atom. The molecule has 4 aromatic rings. The number of ether oxygens (including phenoxy) is 1. The number of carbonyl (C=O) groups excluding carboxylic acids is 2. The lowest BCUT2D eigenvalue weighted by atomic mass is 10.1. The molecule has 0 fully saturated rings. The minimum atomic E-state index is -0.355. The van der Waals surface area contributed by atoms with E-state index >= 15 is 0 Å². The summed E-state index contributed by atoms with van der Waals surface area (Å²) in [5.41, 5.74) is 8.97. The number of carbonyl (C=O) groups is 2. The Kier molecular flexibility index (Phi) is 6.17. The summed E-state index contributed by atoms with van der Waals surface area (Å²) >= 11 is 0. The smallest absolute Gasteiger partial charge is 0.266 e. The molecule has 1 aliphatic rings. The molecule has 0 unspecified atom stereocenters. The number of nitrogens with one attached hydrogen (secondary N) is 2. The summed E-state index contributed by atoms with van der Waals surface area (Å²) in [6.45, 7) is 8.18. The molecule has 2 N–H and O–H groups in total. The van der Waals surface area contributed by atoms with Crippen LogP contribution in [-0.4, -0.2) is 18.9 Å². The van der Waals surface area contributed by atoms with Crippen LogP contribution in [0.4, 0.5) is 28.4 Å². The van der Waals surface area contributed by atoms with Gasteiger partial charge in [0.1, 0.15) is 5.75 Å². The second-order valence-corrected chi connectivity index (χ2v) is 9.59. The van der Waals surface area contributed by atoms with E-state index < -0.39 is 0 Å². The number of amides is 2. The average Bonchev–Trinajstić information content (AvgIpc) is 3.07. The third-order valence-electron chi connectivity index (χ3n) is 6.36. The van der Waals surface area contributed by atoms with Crippen molar-refractivity contribution >= 4 is 40.3 Å². The summed E-state index contributed by atoms with van der Waals surface area (Å²) < 4.78 is 5.22. The number of fused-ring (bicyclic) bond motifs is 1. The van der Waals surface area contributed by atoms with Crippen molar-refractivity contribution < 1.29 is 14.3 Å². The number of rotatable bonds is 6. The highest BCUT2D eigenvalue weighted by molar-refractivity contribution is 6.35. The lowest BCUT2D eigenvalue weighted by molar-refractivity contribution is 0.0926. The fourth-order valence-corrected chi connectivity index (χ4v) is 4.86. The van der Waals surface area contributed by atoms with Crippen molar-refractivity contribution in [2.24, 2.45) is 0 Å². The van der Waals surface area contributed by atoms with Crippen molar-refractivity contribution in [3.8, 4) is 5.75 Å². The molecule has 2 amide bonds. The van der Waals surface area contributed by atoms with Gasteiger partial charge in [-0.25, -0.2) is 4.90 Å². The maximum atomic E-state index is 13.5. The zero-order chi connectivity index (χ0) is 26.3. The molecule has 0 atom stereocenters. The lowest BCUT2D eigenvalue weighted by Crippen LogP contribution is -2.29. The van der Waals surface area contributed by atoms with Crippen molar-refractivity contribution in [2.45, 2.75) is 27.7 Å². The van der Waals surface area contributed by atoms with Crippen LogP contribution in [0.15, 0.2) is 72.8 Å². The van der Waals surface area contributed by atoms with Gasteiger partial charge in [-0.15, -0.1) is 0 Å². The van der Waals surface area contributed by atoms with Crippen molar-refractivity contribution in [2.75, 3.05) is 22.6 Å². The lowest BCUT2D eigenvalue weighted by Gasteiger charge is -2.17. The number of methoxy groups -OCH3 is 1. The predicted octanol–water partition coefficient (Wildman–Crippen LogP) is 7.22. The number of benzene rings is 4. The number of nitrogens with zero attached hydrogens (tertiary/aromatic N) is 1. The summed E-state index contributed by atoms with van der Waals surface area (Å²) in [5.74, 6) is -0.0570. The van der Waals surface area contributed by atoms with Gasteiger partial charge in [0.05, 0.1) is 35.3 Å². The van der Waals surface area contributed by atoms with Crippen molar-refractivity contribution in [1.82, 2.24) is 0 Å². The molecular formula is C31H29N3O3. The Balaban J connectivity index is 1.59. The monoisotopic (exact) mass is 491 g/mol. The Bertz CT molecular complexity index is 1410. The van der Waals surface area contributed by atoms with Crippen molar-refractivity contribution in [3.05, 3.63) is 106 Å². The number of anilines is 5. The first-order valence-corrected chi connectivity index (χ1v) is 12.1. The number of hydrogen-bond donors (Lipinski definition) is 2. The number of imide groups is 1. The second kappa shape index (κ2) is 9.47. The average molecular weight is 492 g/mol. The molecule has 37 heavy (non-hydrogen) atoms. The maximum Gasteiger partial charge on any atom is 0.266 e. The van der Waals surface area contributed by atoms with Crippen LogP contribution >= 0.6 is 0 Å². The first-order chi connectivity index (χ1) is 17.7. The SMILES string of the molecule is COc1ccc(N2C(=O)c3cc(Nc4cc(C)cc(C)c4)c(Nc4cc(C)cc(C)c4)cc3C2=O)cc1. The van der Waals surface area contributed by atoms with E-state index in [1.165, 1.54) is 4.90 Å². The van der Waals surface area contributed by atoms with Gasteiger partial charge in [-0.2, -0.15) is 0 Å². The van der Waals surface area contributed by atoms with Crippen LogP contribution in [0.2, 0.25) is 0 Å². The minimum Gasteiger partial charge on any atom is -0.497 e. The standard InChI is InChI=1S/C31H29N3O3/c1-18-10-19(2)13-22(12-18)32-28-16-26-27(17-29(28)33-23-14-20(3)11-21(4)15-23)31(36)34(30(26)35)24-6-8-25(37-5)9-7-24/h6-17,32-33H,1-5H3. The highest BCUT2D eigenvalue weighted by Crippen LogP contribution is 2.38. The normalized spacial score (nSPS) is 12.5. The number of aryl methyl sites for hydroxylation is 4. The summed E-state index contributed by atoms with van der Waals surface area (Å²) in [6, 6.07) is 22.9. The Hall–Kier alpha value is -4.58. The second-order valence-electron chi connectivity index (χ2n) is 9.59. The van der Waals surface area contributed by atoms with Gasteiger partial charge in [-0.3, -0.25) is 9.59 Å². The Morgan fingerprint density at radius 1 is 0.595 bits per heavy atom. The van der Waals surface area contributed by atoms with Gasteiger partial charge in [0, 0.05) is 11.4 Å². The van der Waals surface area contributed by atoms with Gasteiger partial charge in [0.2, 0.25) is 0 Å². The molecule has 6 nitrogen and oxygen atoms in total. The highest BCUT2D eigenvalue weighted by Gasteiger charge is 2.37. The third kappa shape index (κ3) is 4.78. The summed E-state index contributed by atoms with van der Waals surface area (Å²) in [7, 11) is 1.57. The molecule has 0 aliphatic carbocycles. The summed E-state index contributed by atoms with van der Waals surface area (Å²) in [5, 5.41) is 6.95. The Labute approximate surface area is 216 Å². The van der Waals surface area contributed by atoms with E-state index in [1.54, 1.807) is 43.5 Å². The van der Waals surface area contributed by atoms with Gasteiger partial charge < -0.3 is 15.4 Å². The zero-order valence-corrected chi connectivity index (χ0v) is 21.6. The molecule has 0 bridgehead atoms. The van der Waals surface area contributed by atoms with Gasteiger partial charge in [0.25, 0.3) is 11.8 Å². The van der Waals surface area contributed by atoms with E-state index in [4.69, 9.17) is 4.74 Å². The molecule has 4 aromatic carbocycles. The predicted molar refractivity (Wildman–Crippen MR) is 149 cm³/mol. The zero-order valence-electron chi connectivity index (χ0n) is 21.6. The molecule has 0 radical (unpaired) electrons. The van der Waals surface area contributed by atoms with E-state index in [0.717, 1.165) is 33.6 Å². The molecule has 0 aromatic heterocycles. The first-order valence-electron chi connectivity index (χ1n) is 12.1. The molecule has 0 saturated carbocycles. The molecular weight excluding hydrogens is 462 g/mol. The van der Waals surface area contributed by atoms with Crippen LogP contribution in [0, 0.1) is 27.7 Å². The summed E-state index contributed by atoms with van der Waals surface area (Å²) in [6.07, 6.45) is 0. The minimum absolute atomic E-state index is 0.355. The molecule has 1 heterocycles. The highest BCUT2D eigenvalue weighted by atomic mass is 16.5. The van der Waals surface area contributed by atoms with Gasteiger partial charge in [-0.1, -0.05) is 12.1 Å². The van der Waals surface area contributed by atoms with Gasteiger partial charge in [-0.05, 0) is 111 Å². The van der Waals surface area contributed by atoms with Gasteiger partial charge in [0.15, 0.2) is 0 Å². The largest absolute Gasteiger partial charge is 0.497 e. The maximum absolute atomic E-state index is 13.5. The van der Waals surface area contributed by atoms with E-state index in [9.17, 15) is 9.59 Å². The topological polar surface area (TPSA) is 70.7 Å². The van der Waals surface area contributed by atoms with Crippen LogP contribution in [-0.2, 0) is 0 Å². The van der Waals surface area contributed by atoms with Crippen LogP contribution in [0.3, 0.4) is 0 Å². The summed E-state index contributed by atoms with van der Waals surface area (Å²) in [4.78, 5) is 28.1. The molecule has 186 valence electrons. The fraction of sp³-hybridized carbons (Fsp3) is 0.161. The van der Waals surface area contributed by atoms with Crippen LogP contribution in [0.5, 0.6) is 5.75 Å². The fourth-order valence-electron chi connectivity index (χ4n) is 4.86. The van der Waals surface area contributed by atoms with E-state index in [-0.39, 0.29) is 11.8 Å². The first kappa shape index (κ1) is 24.1. The Morgan fingerprint density at radius 3 is 1.38 bits per heavy atom. The molecule has 0 spiro atoms.